The molecule has 0 unspecified atom stereocenters. The van der Waals surface area contributed by atoms with Crippen molar-refractivity contribution in [2.24, 2.45) is 5.73 Å². The third-order valence-corrected chi connectivity index (χ3v) is 2.48. The van der Waals surface area contributed by atoms with Crippen LogP contribution in [0.25, 0.3) is 0 Å². The molecule has 0 saturated heterocycles. The number of aromatic carboxylic acids is 1. The lowest BCUT2D eigenvalue weighted by atomic mass is 10.1. The highest BCUT2D eigenvalue weighted by Gasteiger charge is 2.16. The van der Waals surface area contributed by atoms with E-state index >= 15 is 0 Å². The zero-order chi connectivity index (χ0) is 13.0. The maximum atomic E-state index is 11.6. The number of nitrogens with two attached hydrogens (primary N) is 1. The average Bonchev–Trinajstić information content (AvgIpc) is 2.27. The summed E-state index contributed by atoms with van der Waals surface area (Å²) in [6.07, 6.45) is 0.467. The van der Waals surface area contributed by atoms with Crippen molar-refractivity contribution in [3.63, 3.8) is 0 Å². The van der Waals surface area contributed by atoms with E-state index in [9.17, 15) is 9.59 Å². The van der Waals surface area contributed by atoms with E-state index in [1.165, 1.54) is 18.2 Å². The molecule has 0 aliphatic rings. The van der Waals surface area contributed by atoms with Crippen molar-refractivity contribution in [2.75, 3.05) is 5.32 Å². The topological polar surface area (TPSA) is 92.4 Å². The van der Waals surface area contributed by atoms with E-state index in [0.29, 0.717) is 11.4 Å². The predicted molar refractivity (Wildman–Crippen MR) is 65.3 cm³/mol. The maximum absolute atomic E-state index is 11.6. The number of carbonyl (C=O) groups excluding carboxylic acids is 1. The first-order chi connectivity index (χ1) is 7.95. The normalized spacial score (nSPS) is 11.9. The molecule has 1 rings (SSSR count). The van der Waals surface area contributed by atoms with Crippen molar-refractivity contribution in [3.8, 4) is 0 Å². The molecule has 1 aromatic carbocycles. The van der Waals surface area contributed by atoms with Gasteiger partial charge in [-0.25, -0.2) is 4.79 Å². The first-order valence-corrected chi connectivity index (χ1v) is 5.42. The van der Waals surface area contributed by atoms with Gasteiger partial charge in [0.1, 0.15) is 0 Å². The number of rotatable bonds is 4. The fourth-order valence-electron chi connectivity index (χ4n) is 1.22. The summed E-state index contributed by atoms with van der Waals surface area (Å²) < 4.78 is 0. The van der Waals surface area contributed by atoms with Gasteiger partial charge in [0.05, 0.1) is 17.3 Å². The van der Waals surface area contributed by atoms with Gasteiger partial charge in [-0.3, -0.25) is 4.79 Å². The van der Waals surface area contributed by atoms with Crippen LogP contribution in [0.2, 0.25) is 5.02 Å². The van der Waals surface area contributed by atoms with Crippen LogP contribution in [0.3, 0.4) is 0 Å². The van der Waals surface area contributed by atoms with E-state index in [1.807, 2.05) is 0 Å². The minimum absolute atomic E-state index is 0.0222. The van der Waals surface area contributed by atoms with Crippen LogP contribution in [-0.4, -0.2) is 23.0 Å². The Morgan fingerprint density at radius 1 is 1.53 bits per heavy atom. The molecule has 0 fully saturated rings. The fraction of sp³-hybridized carbons (Fsp3) is 0.273. The Morgan fingerprint density at radius 3 is 2.71 bits per heavy atom. The Hall–Kier alpha value is -1.59. The van der Waals surface area contributed by atoms with Crippen LogP contribution in [0.1, 0.15) is 23.7 Å². The minimum Gasteiger partial charge on any atom is -0.478 e. The van der Waals surface area contributed by atoms with E-state index < -0.39 is 17.9 Å². The van der Waals surface area contributed by atoms with Crippen molar-refractivity contribution in [2.45, 2.75) is 19.4 Å². The molecule has 0 aliphatic carbocycles. The third-order valence-electron chi connectivity index (χ3n) is 2.25. The van der Waals surface area contributed by atoms with Crippen LogP contribution in [-0.2, 0) is 4.79 Å². The smallest absolute Gasteiger partial charge is 0.337 e. The van der Waals surface area contributed by atoms with Crippen molar-refractivity contribution < 1.29 is 14.7 Å². The van der Waals surface area contributed by atoms with Crippen molar-refractivity contribution in [1.82, 2.24) is 0 Å². The minimum atomic E-state index is -1.14. The standard InChI is InChI=1S/C11H13ClN2O3/c1-2-8(13)10(15)14-9-5-6(12)3-4-7(9)11(16)17/h3-5,8H,2,13H2,1H3,(H,14,15)(H,16,17)/t8-/m1/s1. The van der Waals surface area contributed by atoms with E-state index in [4.69, 9.17) is 22.4 Å². The first kappa shape index (κ1) is 13.5. The molecular weight excluding hydrogens is 244 g/mol. The molecule has 4 N–H and O–H groups in total. The highest BCUT2D eigenvalue weighted by molar-refractivity contribution is 6.31. The van der Waals surface area contributed by atoms with E-state index in [0.717, 1.165) is 0 Å². The molecule has 92 valence electrons. The van der Waals surface area contributed by atoms with Crippen LogP contribution in [0.15, 0.2) is 18.2 Å². The monoisotopic (exact) mass is 256 g/mol. The second-order valence-corrected chi connectivity index (χ2v) is 3.94. The van der Waals surface area contributed by atoms with Gasteiger partial charge in [0.25, 0.3) is 0 Å². The highest BCUT2D eigenvalue weighted by Crippen LogP contribution is 2.21. The lowest BCUT2D eigenvalue weighted by Crippen LogP contribution is -2.35. The first-order valence-electron chi connectivity index (χ1n) is 5.05. The summed E-state index contributed by atoms with van der Waals surface area (Å²) in [4.78, 5) is 22.5. The molecule has 6 heteroatoms. The summed E-state index contributed by atoms with van der Waals surface area (Å²) in [6.45, 7) is 1.76. The molecule has 0 radical (unpaired) electrons. The number of carbonyl (C=O) groups is 2. The molecule has 0 aliphatic heterocycles. The Kier molecular flexibility index (Phi) is 4.48. The molecule has 1 amide bonds. The second-order valence-electron chi connectivity index (χ2n) is 3.50. The predicted octanol–water partition coefficient (Wildman–Crippen LogP) is 1.71. The van der Waals surface area contributed by atoms with E-state index in [2.05, 4.69) is 5.32 Å². The highest BCUT2D eigenvalue weighted by atomic mass is 35.5. The van der Waals surface area contributed by atoms with Crippen molar-refractivity contribution in [3.05, 3.63) is 28.8 Å². The Labute approximate surface area is 104 Å². The quantitative estimate of drug-likeness (QED) is 0.765. The summed E-state index contributed by atoms with van der Waals surface area (Å²) in [7, 11) is 0. The molecule has 17 heavy (non-hydrogen) atoms. The molecule has 5 nitrogen and oxygen atoms in total. The zero-order valence-electron chi connectivity index (χ0n) is 9.24. The molecule has 0 aromatic heterocycles. The lowest BCUT2D eigenvalue weighted by molar-refractivity contribution is -0.117. The van der Waals surface area contributed by atoms with Crippen LogP contribution in [0, 0.1) is 0 Å². The van der Waals surface area contributed by atoms with Gasteiger partial charge < -0.3 is 16.2 Å². The van der Waals surface area contributed by atoms with Crippen molar-refractivity contribution >= 4 is 29.2 Å². The van der Waals surface area contributed by atoms with Gasteiger partial charge in [-0.2, -0.15) is 0 Å². The van der Waals surface area contributed by atoms with Gasteiger partial charge in [0.15, 0.2) is 0 Å². The zero-order valence-corrected chi connectivity index (χ0v) is 9.99. The molecule has 0 spiro atoms. The second kappa shape index (κ2) is 5.65. The largest absolute Gasteiger partial charge is 0.478 e. The summed E-state index contributed by atoms with van der Waals surface area (Å²) in [5.74, 6) is -1.57. The number of hydrogen-bond acceptors (Lipinski definition) is 3. The van der Waals surface area contributed by atoms with Gasteiger partial charge in [-0.1, -0.05) is 18.5 Å². The number of amides is 1. The number of hydrogen-bond donors (Lipinski definition) is 3. The van der Waals surface area contributed by atoms with E-state index in [1.54, 1.807) is 6.92 Å². The lowest BCUT2D eigenvalue weighted by Gasteiger charge is -2.12. The Bertz CT molecular complexity index is 448. The SMILES string of the molecule is CC[C@@H](N)C(=O)Nc1cc(Cl)ccc1C(=O)O. The van der Waals surface area contributed by atoms with Crippen LogP contribution in [0.5, 0.6) is 0 Å². The number of benzene rings is 1. The van der Waals surface area contributed by atoms with Gasteiger partial charge in [0.2, 0.25) is 5.91 Å². The third kappa shape index (κ3) is 3.44. The van der Waals surface area contributed by atoms with Crippen LogP contribution < -0.4 is 11.1 Å². The average molecular weight is 257 g/mol. The number of halogens is 1. The number of carboxylic acid groups (broad SMARTS) is 1. The van der Waals surface area contributed by atoms with Crippen LogP contribution in [0.4, 0.5) is 5.69 Å². The summed E-state index contributed by atoms with van der Waals surface area (Å²) in [6, 6.07) is 3.49. The van der Waals surface area contributed by atoms with Gasteiger partial charge in [0, 0.05) is 5.02 Å². The summed E-state index contributed by atoms with van der Waals surface area (Å²) in [5.41, 5.74) is 5.67. The molecule has 1 aromatic rings. The molecule has 0 saturated carbocycles. The van der Waals surface area contributed by atoms with Crippen LogP contribution >= 0.6 is 11.6 Å². The maximum Gasteiger partial charge on any atom is 0.337 e. The summed E-state index contributed by atoms with van der Waals surface area (Å²) in [5, 5.41) is 11.7. The van der Waals surface area contributed by atoms with E-state index in [-0.39, 0.29) is 11.3 Å². The number of anilines is 1. The molecule has 0 heterocycles. The van der Waals surface area contributed by atoms with Gasteiger partial charge in [-0.15, -0.1) is 0 Å². The van der Waals surface area contributed by atoms with Crippen molar-refractivity contribution in [1.29, 1.82) is 0 Å². The number of nitrogens with one attached hydrogen (secondary N) is 1. The molecule has 1 atom stereocenters. The van der Waals surface area contributed by atoms with Gasteiger partial charge in [-0.05, 0) is 24.6 Å². The summed E-state index contributed by atoms with van der Waals surface area (Å²) >= 11 is 5.74. The fourth-order valence-corrected chi connectivity index (χ4v) is 1.39. The van der Waals surface area contributed by atoms with Gasteiger partial charge >= 0.3 is 5.97 Å². The Balaban J connectivity index is 3.00. The number of carboxylic acids is 1. The molecular formula is C11H13ClN2O3. The molecule has 0 bridgehead atoms. The Morgan fingerprint density at radius 2 is 2.18 bits per heavy atom.